The molecule has 2 aromatic rings. The summed E-state index contributed by atoms with van der Waals surface area (Å²) in [5.74, 6) is 0. The molecule has 28 heavy (non-hydrogen) atoms. The summed E-state index contributed by atoms with van der Waals surface area (Å²) < 4.78 is 35.7. The van der Waals surface area contributed by atoms with Gasteiger partial charge in [-0.1, -0.05) is 30.3 Å². The van der Waals surface area contributed by atoms with E-state index in [1.165, 1.54) is 9.87 Å². The lowest BCUT2D eigenvalue weighted by molar-refractivity contribution is 0.0163. The molecule has 0 radical (unpaired) electrons. The van der Waals surface area contributed by atoms with Gasteiger partial charge in [-0.3, -0.25) is 9.88 Å². The van der Waals surface area contributed by atoms with Crippen LogP contribution >= 0.6 is 0 Å². The fourth-order valence-corrected chi connectivity index (χ4v) is 5.03. The topological polar surface area (TPSA) is 74.8 Å². The fourth-order valence-electron chi connectivity index (χ4n) is 3.83. The predicted octanol–water partition coefficient (Wildman–Crippen LogP) is 1.35. The van der Waals surface area contributed by atoms with Crippen molar-refractivity contribution in [2.75, 3.05) is 39.4 Å². The van der Waals surface area contributed by atoms with Crippen LogP contribution in [-0.2, 0) is 27.9 Å². The van der Waals surface area contributed by atoms with Gasteiger partial charge in [0.1, 0.15) is 0 Å². The second-order valence-corrected chi connectivity index (χ2v) is 8.88. The molecule has 1 aromatic carbocycles. The number of ether oxygens (including phenoxy) is 1. The van der Waals surface area contributed by atoms with E-state index in [-0.39, 0.29) is 12.6 Å². The molecule has 7 nitrogen and oxygen atoms in total. The number of morpholine rings is 1. The molecule has 0 saturated carbocycles. The zero-order valence-electron chi connectivity index (χ0n) is 15.8. The summed E-state index contributed by atoms with van der Waals surface area (Å²) in [4.78, 5) is 6.70. The van der Waals surface area contributed by atoms with Crippen LogP contribution in [0.1, 0.15) is 22.9 Å². The highest BCUT2D eigenvalue weighted by molar-refractivity contribution is 7.87. The number of nitrogens with zero attached hydrogens (tertiary/aromatic N) is 3. The first-order valence-corrected chi connectivity index (χ1v) is 11.1. The van der Waals surface area contributed by atoms with Crippen molar-refractivity contribution < 1.29 is 13.2 Å². The number of rotatable bonds is 6. The molecule has 150 valence electrons. The van der Waals surface area contributed by atoms with Gasteiger partial charge in [-0.05, 0) is 29.7 Å². The van der Waals surface area contributed by atoms with Crippen LogP contribution in [0.25, 0.3) is 0 Å². The third-order valence-electron chi connectivity index (χ3n) is 5.41. The van der Waals surface area contributed by atoms with E-state index >= 15 is 0 Å². The van der Waals surface area contributed by atoms with Gasteiger partial charge >= 0.3 is 0 Å². The number of pyridine rings is 1. The number of nitrogens with one attached hydrogen (secondary N) is 1. The molecule has 0 unspecified atom stereocenters. The Bertz CT molecular complexity index is 885. The Balaban J connectivity index is 1.47. The van der Waals surface area contributed by atoms with Crippen molar-refractivity contribution in [1.82, 2.24) is 18.9 Å². The minimum absolute atomic E-state index is 0.114. The smallest absolute Gasteiger partial charge is 0.279 e. The lowest BCUT2D eigenvalue weighted by Crippen LogP contribution is -2.48. The van der Waals surface area contributed by atoms with Gasteiger partial charge in [0.2, 0.25) is 0 Å². The Morgan fingerprint density at radius 3 is 2.54 bits per heavy atom. The second-order valence-electron chi connectivity index (χ2n) is 7.12. The molecule has 0 amide bonds. The summed E-state index contributed by atoms with van der Waals surface area (Å²) >= 11 is 0. The molecule has 3 heterocycles. The van der Waals surface area contributed by atoms with E-state index < -0.39 is 10.2 Å². The van der Waals surface area contributed by atoms with Crippen molar-refractivity contribution in [2.24, 2.45) is 0 Å². The summed E-state index contributed by atoms with van der Waals surface area (Å²) in [6.45, 7) is 4.03. The highest BCUT2D eigenvalue weighted by atomic mass is 32.2. The average Bonchev–Trinajstić information content (AvgIpc) is 2.75. The first-order chi connectivity index (χ1) is 13.6. The Morgan fingerprint density at radius 2 is 1.79 bits per heavy atom. The van der Waals surface area contributed by atoms with E-state index in [4.69, 9.17) is 4.74 Å². The molecule has 1 fully saturated rings. The number of fused-ring (bicyclic) bond motifs is 1. The van der Waals surface area contributed by atoms with Crippen LogP contribution < -0.4 is 4.72 Å². The predicted molar refractivity (Wildman–Crippen MR) is 107 cm³/mol. The van der Waals surface area contributed by atoms with E-state index in [1.807, 2.05) is 36.4 Å². The lowest BCUT2D eigenvalue weighted by Gasteiger charge is -2.35. The van der Waals surface area contributed by atoms with Crippen LogP contribution in [-0.4, -0.2) is 62.0 Å². The summed E-state index contributed by atoms with van der Waals surface area (Å²) in [6.07, 6.45) is 2.49. The molecule has 4 rings (SSSR count). The maximum Gasteiger partial charge on any atom is 0.279 e. The van der Waals surface area contributed by atoms with Crippen molar-refractivity contribution in [1.29, 1.82) is 0 Å². The third-order valence-corrected chi connectivity index (χ3v) is 6.93. The van der Waals surface area contributed by atoms with Gasteiger partial charge in [0.25, 0.3) is 10.2 Å². The van der Waals surface area contributed by atoms with E-state index in [1.54, 1.807) is 6.20 Å². The first-order valence-electron chi connectivity index (χ1n) is 9.68. The van der Waals surface area contributed by atoms with Gasteiger partial charge in [0, 0.05) is 38.9 Å². The zero-order valence-corrected chi connectivity index (χ0v) is 16.6. The number of benzene rings is 1. The Kier molecular flexibility index (Phi) is 6.03. The van der Waals surface area contributed by atoms with Crippen molar-refractivity contribution >= 4 is 10.2 Å². The molecule has 1 atom stereocenters. The molecule has 1 saturated heterocycles. The Hall–Kier alpha value is -1.84. The third kappa shape index (κ3) is 4.42. The molecule has 2 aliphatic heterocycles. The van der Waals surface area contributed by atoms with E-state index in [0.717, 1.165) is 30.8 Å². The molecule has 0 bridgehead atoms. The normalized spacial score (nSPS) is 19.9. The summed E-state index contributed by atoms with van der Waals surface area (Å²) in [7, 11) is -3.57. The molecule has 1 N–H and O–H groups in total. The number of hydrogen-bond acceptors (Lipinski definition) is 5. The van der Waals surface area contributed by atoms with Gasteiger partial charge in [0.15, 0.2) is 0 Å². The van der Waals surface area contributed by atoms with Gasteiger partial charge in [0.05, 0.1) is 24.9 Å². The molecular formula is C20H26N4O3S. The van der Waals surface area contributed by atoms with Crippen molar-refractivity contribution in [3.05, 3.63) is 65.5 Å². The molecule has 2 aliphatic rings. The van der Waals surface area contributed by atoms with E-state index in [2.05, 4.69) is 20.7 Å². The van der Waals surface area contributed by atoms with Gasteiger partial charge in [-0.2, -0.15) is 12.7 Å². The summed E-state index contributed by atoms with van der Waals surface area (Å²) in [6, 6.07) is 13.7. The van der Waals surface area contributed by atoms with Crippen molar-refractivity contribution in [3.63, 3.8) is 0 Å². The van der Waals surface area contributed by atoms with Crippen LogP contribution in [0.2, 0.25) is 0 Å². The Labute approximate surface area is 166 Å². The van der Waals surface area contributed by atoms with Crippen molar-refractivity contribution in [2.45, 2.75) is 19.0 Å². The second kappa shape index (κ2) is 8.67. The highest BCUT2D eigenvalue weighted by Gasteiger charge is 2.29. The van der Waals surface area contributed by atoms with Crippen LogP contribution in [0, 0.1) is 0 Å². The average molecular weight is 403 g/mol. The maximum atomic E-state index is 13.0. The summed E-state index contributed by atoms with van der Waals surface area (Å²) in [5.41, 5.74) is 3.18. The van der Waals surface area contributed by atoms with Crippen LogP contribution in [0.4, 0.5) is 0 Å². The molecule has 0 aliphatic carbocycles. The van der Waals surface area contributed by atoms with Gasteiger partial charge in [-0.25, -0.2) is 4.72 Å². The SMILES string of the molecule is O=S(=O)(NC[C@@H](c1ccccn1)N1CCOCC1)N1CCc2ccccc2C1. The van der Waals surface area contributed by atoms with Crippen LogP contribution in [0.15, 0.2) is 48.7 Å². The van der Waals surface area contributed by atoms with Gasteiger partial charge in [-0.15, -0.1) is 0 Å². The summed E-state index contributed by atoms with van der Waals surface area (Å²) in [5, 5.41) is 0. The fraction of sp³-hybridized carbons (Fsp3) is 0.450. The quantitative estimate of drug-likeness (QED) is 0.790. The van der Waals surface area contributed by atoms with Gasteiger partial charge < -0.3 is 4.74 Å². The Morgan fingerprint density at radius 1 is 1.04 bits per heavy atom. The molecular weight excluding hydrogens is 376 g/mol. The molecule has 0 spiro atoms. The standard InChI is InChI=1S/C20H26N4O3S/c25-28(26,24-10-8-17-5-1-2-6-18(17)16-24)22-15-20(19-7-3-4-9-21-19)23-11-13-27-14-12-23/h1-7,9,20,22H,8,10-16H2/t20-/m0/s1. The van der Waals surface area contributed by atoms with Crippen LogP contribution in [0.5, 0.6) is 0 Å². The van der Waals surface area contributed by atoms with E-state index in [0.29, 0.717) is 26.3 Å². The monoisotopic (exact) mass is 402 g/mol. The number of hydrogen-bond donors (Lipinski definition) is 1. The minimum Gasteiger partial charge on any atom is -0.379 e. The lowest BCUT2D eigenvalue weighted by atomic mass is 10.0. The van der Waals surface area contributed by atoms with E-state index in [9.17, 15) is 8.42 Å². The van der Waals surface area contributed by atoms with Crippen LogP contribution in [0.3, 0.4) is 0 Å². The largest absolute Gasteiger partial charge is 0.379 e. The van der Waals surface area contributed by atoms with Crippen molar-refractivity contribution in [3.8, 4) is 0 Å². The minimum atomic E-state index is -3.57. The maximum absolute atomic E-state index is 13.0. The highest BCUT2D eigenvalue weighted by Crippen LogP contribution is 2.22. The zero-order chi connectivity index (χ0) is 19.4. The molecule has 8 heteroatoms. The molecule has 1 aromatic heterocycles. The first kappa shape index (κ1) is 19.5. The number of aromatic nitrogens is 1.